The van der Waals surface area contributed by atoms with Gasteiger partial charge in [-0.25, -0.2) is 0 Å². The van der Waals surface area contributed by atoms with Gasteiger partial charge in [-0.3, -0.25) is 4.79 Å². The van der Waals surface area contributed by atoms with Crippen molar-refractivity contribution in [2.45, 2.75) is 39.5 Å². The van der Waals surface area contributed by atoms with E-state index in [1.807, 2.05) is 30.3 Å². The predicted octanol–water partition coefficient (Wildman–Crippen LogP) is 3.60. The highest BCUT2D eigenvalue weighted by atomic mass is 16.5. The number of esters is 1. The van der Waals surface area contributed by atoms with Gasteiger partial charge in [0.25, 0.3) is 0 Å². The summed E-state index contributed by atoms with van der Waals surface area (Å²) in [5.41, 5.74) is 1.17. The maximum atomic E-state index is 10.8. The Kier molecular flexibility index (Phi) is 9.38. The molecule has 90 valence electrons. The fourth-order valence-electron chi connectivity index (χ4n) is 0.993. The third-order valence-corrected chi connectivity index (χ3v) is 2.19. The maximum Gasteiger partial charge on any atom is 0.305 e. The summed E-state index contributed by atoms with van der Waals surface area (Å²) in [5, 5.41) is 0. The minimum absolute atomic E-state index is 0.154. The molecule has 2 nitrogen and oxygen atoms in total. The first-order valence-electron chi connectivity index (χ1n) is 5.85. The largest absolute Gasteiger partial charge is 0.469 e. The van der Waals surface area contributed by atoms with Crippen molar-refractivity contribution in [2.75, 3.05) is 7.11 Å². The second kappa shape index (κ2) is 10.2. The minimum atomic E-state index is -0.154. The molecule has 0 bridgehead atoms. The Morgan fingerprint density at radius 3 is 2.12 bits per heavy atom. The van der Waals surface area contributed by atoms with E-state index in [1.54, 1.807) is 0 Å². The van der Waals surface area contributed by atoms with Crippen molar-refractivity contribution in [1.82, 2.24) is 0 Å². The van der Waals surface area contributed by atoms with Crippen LogP contribution in [-0.2, 0) is 16.0 Å². The third kappa shape index (κ3) is 8.04. The number of rotatable bonds is 4. The summed E-state index contributed by atoms with van der Waals surface area (Å²) >= 11 is 0. The number of benzene rings is 1. The molecule has 0 fully saturated rings. The van der Waals surface area contributed by atoms with Crippen molar-refractivity contribution in [3.63, 3.8) is 0 Å². The second-order valence-electron chi connectivity index (χ2n) is 3.56. The molecule has 1 aromatic rings. The van der Waals surface area contributed by atoms with Gasteiger partial charge in [-0.15, -0.1) is 0 Å². The lowest BCUT2D eigenvalue weighted by Crippen LogP contribution is -2.01. The highest BCUT2D eigenvalue weighted by molar-refractivity contribution is 5.69. The summed E-state index contributed by atoms with van der Waals surface area (Å²) in [4.78, 5) is 10.8. The summed E-state index contributed by atoms with van der Waals surface area (Å²) in [7, 11) is 1.41. The van der Waals surface area contributed by atoms with Crippen molar-refractivity contribution < 1.29 is 9.53 Å². The van der Waals surface area contributed by atoms with Gasteiger partial charge in [0.15, 0.2) is 0 Å². The van der Waals surface area contributed by atoms with E-state index < -0.39 is 0 Å². The number of methoxy groups -OCH3 is 1. The zero-order valence-electron chi connectivity index (χ0n) is 10.5. The van der Waals surface area contributed by atoms with Gasteiger partial charge < -0.3 is 4.74 Å². The average Bonchev–Trinajstić information content (AvgIpc) is 2.37. The smallest absolute Gasteiger partial charge is 0.305 e. The lowest BCUT2D eigenvalue weighted by Gasteiger charge is -1.98. The number of aryl methyl sites for hydroxylation is 1. The standard InChI is InChI=1S/C10H12O2.C4H10/c1-12-10(11)8-7-9-5-3-2-4-6-9;1-3-4-2/h2-6H,7-8H2,1H3;3-4H2,1-2H3. The van der Waals surface area contributed by atoms with Crippen LogP contribution < -0.4 is 0 Å². The Bertz CT molecular complexity index is 265. The Labute approximate surface area is 98.6 Å². The van der Waals surface area contributed by atoms with Crippen LogP contribution in [-0.4, -0.2) is 13.1 Å². The molecule has 1 aromatic carbocycles. The SMILES string of the molecule is CCCC.COC(=O)CCc1ccccc1. The number of carbonyl (C=O) groups is 1. The van der Waals surface area contributed by atoms with Crippen molar-refractivity contribution in [3.05, 3.63) is 35.9 Å². The van der Waals surface area contributed by atoms with Gasteiger partial charge in [0.1, 0.15) is 0 Å². The first kappa shape index (κ1) is 14.7. The summed E-state index contributed by atoms with van der Waals surface area (Å²) in [5.74, 6) is -0.154. The average molecular weight is 222 g/mol. The molecular formula is C14H22O2. The van der Waals surface area contributed by atoms with Crippen molar-refractivity contribution >= 4 is 5.97 Å². The molecule has 0 spiro atoms. The molecule has 0 atom stereocenters. The summed E-state index contributed by atoms with van der Waals surface area (Å²) in [6, 6.07) is 9.90. The number of hydrogen-bond donors (Lipinski definition) is 0. The van der Waals surface area contributed by atoms with Gasteiger partial charge in [-0.2, -0.15) is 0 Å². The second-order valence-corrected chi connectivity index (χ2v) is 3.56. The van der Waals surface area contributed by atoms with E-state index in [0.717, 1.165) is 6.42 Å². The number of unbranched alkanes of at least 4 members (excludes halogenated alkanes) is 1. The van der Waals surface area contributed by atoms with Gasteiger partial charge in [-0.05, 0) is 12.0 Å². The molecule has 0 N–H and O–H groups in total. The van der Waals surface area contributed by atoms with Crippen molar-refractivity contribution in [3.8, 4) is 0 Å². The van der Waals surface area contributed by atoms with Gasteiger partial charge in [-0.1, -0.05) is 57.0 Å². The van der Waals surface area contributed by atoms with Crippen LogP contribution in [0.3, 0.4) is 0 Å². The third-order valence-electron chi connectivity index (χ3n) is 2.19. The van der Waals surface area contributed by atoms with E-state index in [-0.39, 0.29) is 5.97 Å². The topological polar surface area (TPSA) is 26.3 Å². The number of ether oxygens (including phenoxy) is 1. The van der Waals surface area contributed by atoms with E-state index in [9.17, 15) is 4.79 Å². The molecule has 0 aliphatic carbocycles. The fourth-order valence-corrected chi connectivity index (χ4v) is 0.993. The molecule has 16 heavy (non-hydrogen) atoms. The number of carbonyl (C=O) groups excluding carboxylic acids is 1. The Hall–Kier alpha value is -1.31. The first-order chi connectivity index (χ1) is 7.74. The fraction of sp³-hybridized carbons (Fsp3) is 0.500. The van der Waals surface area contributed by atoms with Crippen LogP contribution in [0.2, 0.25) is 0 Å². The molecule has 0 aromatic heterocycles. The minimum Gasteiger partial charge on any atom is -0.469 e. The lowest BCUT2D eigenvalue weighted by atomic mass is 10.1. The van der Waals surface area contributed by atoms with Crippen LogP contribution in [0.4, 0.5) is 0 Å². The van der Waals surface area contributed by atoms with E-state index in [1.165, 1.54) is 25.5 Å². The molecule has 0 heterocycles. The van der Waals surface area contributed by atoms with Crippen LogP contribution in [0, 0.1) is 0 Å². The monoisotopic (exact) mass is 222 g/mol. The van der Waals surface area contributed by atoms with Gasteiger partial charge in [0.05, 0.1) is 7.11 Å². The highest BCUT2D eigenvalue weighted by Crippen LogP contribution is 2.02. The molecule has 1 rings (SSSR count). The Balaban J connectivity index is 0.000000487. The van der Waals surface area contributed by atoms with Crippen LogP contribution in [0.5, 0.6) is 0 Å². The summed E-state index contributed by atoms with van der Waals surface area (Å²) in [6.45, 7) is 4.36. The van der Waals surface area contributed by atoms with E-state index in [0.29, 0.717) is 6.42 Å². The van der Waals surface area contributed by atoms with Crippen molar-refractivity contribution in [1.29, 1.82) is 0 Å². The summed E-state index contributed by atoms with van der Waals surface area (Å²) in [6.07, 6.45) is 3.86. The van der Waals surface area contributed by atoms with Gasteiger partial charge >= 0.3 is 5.97 Å². The molecule has 0 unspecified atom stereocenters. The van der Waals surface area contributed by atoms with Gasteiger partial charge in [0, 0.05) is 6.42 Å². The normalized spacial score (nSPS) is 8.94. The lowest BCUT2D eigenvalue weighted by molar-refractivity contribution is -0.140. The Morgan fingerprint density at radius 1 is 1.12 bits per heavy atom. The first-order valence-corrected chi connectivity index (χ1v) is 5.85. The van der Waals surface area contributed by atoms with E-state index in [4.69, 9.17) is 0 Å². The maximum absolute atomic E-state index is 10.8. The molecule has 0 aliphatic heterocycles. The molecular weight excluding hydrogens is 200 g/mol. The quantitative estimate of drug-likeness (QED) is 0.728. The van der Waals surface area contributed by atoms with Crippen LogP contribution in [0.15, 0.2) is 30.3 Å². The molecule has 0 saturated carbocycles. The molecule has 0 aliphatic rings. The molecule has 2 heteroatoms. The highest BCUT2D eigenvalue weighted by Gasteiger charge is 1.99. The molecule has 0 amide bonds. The van der Waals surface area contributed by atoms with Crippen LogP contribution >= 0.6 is 0 Å². The van der Waals surface area contributed by atoms with Crippen LogP contribution in [0.1, 0.15) is 38.7 Å². The predicted molar refractivity (Wildman–Crippen MR) is 67.4 cm³/mol. The van der Waals surface area contributed by atoms with Crippen LogP contribution in [0.25, 0.3) is 0 Å². The zero-order chi connectivity index (χ0) is 12.2. The molecule has 0 radical (unpaired) electrons. The summed E-state index contributed by atoms with van der Waals surface area (Å²) < 4.78 is 4.53. The number of hydrogen-bond acceptors (Lipinski definition) is 2. The van der Waals surface area contributed by atoms with E-state index in [2.05, 4.69) is 18.6 Å². The van der Waals surface area contributed by atoms with Crippen molar-refractivity contribution in [2.24, 2.45) is 0 Å². The molecule has 0 saturated heterocycles. The Morgan fingerprint density at radius 2 is 1.69 bits per heavy atom. The van der Waals surface area contributed by atoms with Gasteiger partial charge in [0.2, 0.25) is 0 Å². The van der Waals surface area contributed by atoms with E-state index >= 15 is 0 Å². The zero-order valence-corrected chi connectivity index (χ0v) is 10.5.